The molecule has 0 amide bonds. The number of guanidine groups is 1. The lowest BCUT2D eigenvalue weighted by atomic mass is 10.4. The van der Waals surface area contributed by atoms with Crippen LogP contribution in [0.15, 0.2) is 4.99 Å². The quantitative estimate of drug-likeness (QED) is 0.450. The average Bonchev–Trinajstić information content (AvgIpc) is 2.13. The minimum atomic E-state index is 0.00116. The predicted octanol–water partition coefficient (Wildman–Crippen LogP) is -0.772. The Balaban J connectivity index is 2.30. The van der Waals surface area contributed by atoms with E-state index in [0.717, 1.165) is 5.96 Å². The molecule has 0 aliphatic carbocycles. The topological polar surface area (TPSA) is 62.4 Å². The van der Waals surface area contributed by atoms with Gasteiger partial charge in [0.05, 0.1) is 12.7 Å². The van der Waals surface area contributed by atoms with Crippen LogP contribution in [0.3, 0.4) is 0 Å². The highest BCUT2D eigenvalue weighted by Crippen LogP contribution is 1.88. The lowest BCUT2D eigenvalue weighted by molar-refractivity contribution is 0.663. The van der Waals surface area contributed by atoms with Crippen molar-refractivity contribution in [2.75, 3.05) is 6.54 Å². The maximum Gasteiger partial charge on any atom is 0.192 e. The molecule has 0 spiro atoms. The van der Waals surface area contributed by atoms with E-state index in [1.54, 1.807) is 0 Å². The first-order chi connectivity index (χ1) is 4.68. The molecule has 0 aromatic carbocycles. The average molecular weight is 142 g/mol. The summed E-state index contributed by atoms with van der Waals surface area (Å²) in [7, 11) is 0. The number of hydrogen-bond donors (Lipinski definition) is 3. The molecule has 4 nitrogen and oxygen atoms in total. The van der Waals surface area contributed by atoms with Crippen molar-refractivity contribution in [2.45, 2.75) is 26.1 Å². The highest BCUT2D eigenvalue weighted by atomic mass is 15.3. The summed E-state index contributed by atoms with van der Waals surface area (Å²) in [6.45, 7) is 4.80. The van der Waals surface area contributed by atoms with Crippen LogP contribution >= 0.6 is 0 Å². The summed E-state index contributed by atoms with van der Waals surface area (Å²) in [6, 6.07) is 0.413. The summed E-state index contributed by atoms with van der Waals surface area (Å²) >= 11 is 0. The summed E-state index contributed by atoms with van der Waals surface area (Å²) in [5, 5.41) is 6.13. The highest BCUT2D eigenvalue weighted by Gasteiger charge is 2.12. The van der Waals surface area contributed by atoms with Gasteiger partial charge in [0.2, 0.25) is 0 Å². The number of nitrogens with one attached hydrogen (secondary N) is 2. The zero-order chi connectivity index (χ0) is 7.56. The van der Waals surface area contributed by atoms with Crippen LogP contribution in [-0.4, -0.2) is 24.7 Å². The SMILES string of the molecule is CC(C)NC1=NCC(N)N1. The standard InChI is InChI=1S/C6H14N4/c1-4(2)9-6-8-3-5(7)10-6/h4-5H,3,7H2,1-2H3,(H2,8,9,10). The van der Waals surface area contributed by atoms with Crippen molar-refractivity contribution in [1.82, 2.24) is 10.6 Å². The van der Waals surface area contributed by atoms with Crippen LogP contribution in [0.2, 0.25) is 0 Å². The van der Waals surface area contributed by atoms with Crippen LogP contribution in [0, 0.1) is 0 Å². The maximum absolute atomic E-state index is 5.54. The van der Waals surface area contributed by atoms with Gasteiger partial charge in [-0.1, -0.05) is 0 Å². The molecule has 0 saturated carbocycles. The van der Waals surface area contributed by atoms with Gasteiger partial charge in [0.1, 0.15) is 0 Å². The van der Waals surface area contributed by atoms with Crippen LogP contribution in [0.5, 0.6) is 0 Å². The molecule has 0 bridgehead atoms. The maximum atomic E-state index is 5.54. The van der Waals surface area contributed by atoms with Crippen molar-refractivity contribution < 1.29 is 0 Å². The monoisotopic (exact) mass is 142 g/mol. The summed E-state index contributed by atoms with van der Waals surface area (Å²) in [5.74, 6) is 0.822. The Labute approximate surface area is 60.9 Å². The molecule has 10 heavy (non-hydrogen) atoms. The van der Waals surface area contributed by atoms with Crippen LogP contribution in [0.25, 0.3) is 0 Å². The zero-order valence-corrected chi connectivity index (χ0v) is 6.39. The lowest BCUT2D eigenvalue weighted by Gasteiger charge is -2.10. The fourth-order valence-corrected chi connectivity index (χ4v) is 0.817. The van der Waals surface area contributed by atoms with Crippen molar-refractivity contribution in [3.8, 4) is 0 Å². The Morgan fingerprint density at radius 2 is 2.50 bits per heavy atom. The molecule has 0 saturated heterocycles. The summed E-state index contributed by atoms with van der Waals surface area (Å²) in [5.41, 5.74) is 5.54. The molecule has 0 aromatic rings. The molecule has 1 rings (SSSR count). The third-order valence-corrected chi connectivity index (χ3v) is 1.19. The number of hydrogen-bond acceptors (Lipinski definition) is 4. The van der Waals surface area contributed by atoms with E-state index >= 15 is 0 Å². The Bertz CT molecular complexity index is 141. The van der Waals surface area contributed by atoms with E-state index in [1.807, 2.05) is 0 Å². The molecule has 1 unspecified atom stereocenters. The minimum absolute atomic E-state index is 0.00116. The molecule has 1 heterocycles. The number of rotatable bonds is 1. The number of nitrogens with zero attached hydrogens (tertiary/aromatic N) is 1. The Morgan fingerprint density at radius 1 is 1.80 bits per heavy atom. The molecule has 0 aromatic heterocycles. The first-order valence-corrected chi connectivity index (χ1v) is 3.51. The van der Waals surface area contributed by atoms with E-state index in [0.29, 0.717) is 12.6 Å². The van der Waals surface area contributed by atoms with E-state index in [9.17, 15) is 0 Å². The third kappa shape index (κ3) is 1.88. The van der Waals surface area contributed by atoms with Gasteiger partial charge in [-0.2, -0.15) is 0 Å². The molecule has 1 atom stereocenters. The van der Waals surface area contributed by atoms with Gasteiger partial charge in [0.15, 0.2) is 5.96 Å². The van der Waals surface area contributed by atoms with Gasteiger partial charge in [0, 0.05) is 6.04 Å². The second-order valence-corrected chi connectivity index (χ2v) is 2.74. The Kier molecular flexibility index (Phi) is 2.11. The van der Waals surface area contributed by atoms with Crippen molar-refractivity contribution in [2.24, 2.45) is 10.7 Å². The Morgan fingerprint density at radius 3 is 2.90 bits per heavy atom. The van der Waals surface area contributed by atoms with Gasteiger partial charge in [-0.05, 0) is 13.8 Å². The molecule has 4 heteroatoms. The largest absolute Gasteiger partial charge is 0.354 e. The van der Waals surface area contributed by atoms with Crippen molar-refractivity contribution in [3.05, 3.63) is 0 Å². The fraction of sp³-hybridized carbons (Fsp3) is 0.833. The van der Waals surface area contributed by atoms with Crippen LogP contribution in [-0.2, 0) is 0 Å². The van der Waals surface area contributed by atoms with Gasteiger partial charge >= 0.3 is 0 Å². The number of aliphatic imine (C=N–C) groups is 1. The summed E-state index contributed by atoms with van der Waals surface area (Å²) in [6.07, 6.45) is 0.00116. The second kappa shape index (κ2) is 2.88. The molecule has 1 aliphatic rings. The number of nitrogens with two attached hydrogens (primary N) is 1. The van der Waals surface area contributed by atoms with Gasteiger partial charge < -0.3 is 16.4 Å². The molecule has 4 N–H and O–H groups in total. The van der Waals surface area contributed by atoms with E-state index < -0.39 is 0 Å². The van der Waals surface area contributed by atoms with Gasteiger partial charge in [-0.3, -0.25) is 0 Å². The van der Waals surface area contributed by atoms with E-state index in [1.165, 1.54) is 0 Å². The second-order valence-electron chi connectivity index (χ2n) is 2.74. The minimum Gasteiger partial charge on any atom is -0.354 e. The van der Waals surface area contributed by atoms with Crippen molar-refractivity contribution in [3.63, 3.8) is 0 Å². The van der Waals surface area contributed by atoms with Gasteiger partial charge in [0.25, 0.3) is 0 Å². The van der Waals surface area contributed by atoms with Crippen molar-refractivity contribution in [1.29, 1.82) is 0 Å². The van der Waals surface area contributed by atoms with Crippen molar-refractivity contribution >= 4 is 5.96 Å². The molecule has 0 radical (unpaired) electrons. The first kappa shape index (κ1) is 7.34. The zero-order valence-electron chi connectivity index (χ0n) is 6.39. The van der Waals surface area contributed by atoms with E-state index in [-0.39, 0.29) is 6.17 Å². The first-order valence-electron chi connectivity index (χ1n) is 3.51. The Hall–Kier alpha value is -0.770. The molecule has 58 valence electrons. The fourth-order valence-electron chi connectivity index (χ4n) is 0.817. The highest BCUT2D eigenvalue weighted by molar-refractivity contribution is 5.81. The third-order valence-electron chi connectivity index (χ3n) is 1.19. The van der Waals surface area contributed by atoms with Gasteiger partial charge in [-0.15, -0.1) is 0 Å². The smallest absolute Gasteiger partial charge is 0.192 e. The summed E-state index contributed by atoms with van der Waals surface area (Å²) < 4.78 is 0. The van der Waals surface area contributed by atoms with Crippen LogP contribution in [0.4, 0.5) is 0 Å². The molecular formula is C6H14N4. The normalized spacial score (nSPS) is 24.4. The van der Waals surface area contributed by atoms with Crippen LogP contribution in [0.1, 0.15) is 13.8 Å². The van der Waals surface area contributed by atoms with Gasteiger partial charge in [-0.25, -0.2) is 4.99 Å². The van der Waals surface area contributed by atoms with E-state index in [2.05, 4.69) is 29.5 Å². The lowest BCUT2D eigenvalue weighted by Crippen LogP contribution is -2.45. The molecule has 1 aliphatic heterocycles. The summed E-state index contributed by atoms with van der Waals surface area (Å²) in [4.78, 5) is 4.13. The predicted molar refractivity (Wildman–Crippen MR) is 41.7 cm³/mol. The van der Waals surface area contributed by atoms with E-state index in [4.69, 9.17) is 5.73 Å². The van der Waals surface area contributed by atoms with Crippen LogP contribution < -0.4 is 16.4 Å². The molecular weight excluding hydrogens is 128 g/mol. The molecule has 0 fully saturated rings.